The zero-order valence-electron chi connectivity index (χ0n) is 12.2. The summed E-state index contributed by atoms with van der Waals surface area (Å²) in [4.78, 5) is 23.6. The average molecular weight is 362 g/mol. The molecule has 4 N–H and O–H groups in total. The lowest BCUT2D eigenvalue weighted by molar-refractivity contribution is -0.114. The van der Waals surface area contributed by atoms with Crippen LogP contribution in [-0.4, -0.2) is 27.1 Å². The van der Waals surface area contributed by atoms with E-state index in [0.29, 0.717) is 21.9 Å². The van der Waals surface area contributed by atoms with Gasteiger partial charge in [-0.15, -0.1) is 0 Å². The van der Waals surface area contributed by atoms with E-state index in [4.69, 9.17) is 17.3 Å². The first kappa shape index (κ1) is 16.2. The van der Waals surface area contributed by atoms with Crippen molar-refractivity contribution in [3.63, 3.8) is 0 Å². The Balaban J connectivity index is 1.71. The number of amides is 2. The van der Waals surface area contributed by atoms with Gasteiger partial charge in [0.05, 0.1) is 29.5 Å². The van der Waals surface area contributed by atoms with E-state index in [1.54, 1.807) is 24.3 Å². The molecule has 0 aliphatic carbocycles. The maximum atomic E-state index is 12.1. The van der Waals surface area contributed by atoms with E-state index in [1.807, 2.05) is 6.07 Å². The number of nitrogens with zero attached hydrogens (tertiary/aromatic N) is 2. The smallest absolute Gasteiger partial charge is 0.250 e. The summed E-state index contributed by atoms with van der Waals surface area (Å²) in [5, 5.41) is 6.06. The van der Waals surface area contributed by atoms with Gasteiger partial charge in [0.1, 0.15) is 11.0 Å². The van der Waals surface area contributed by atoms with Gasteiger partial charge in [-0.3, -0.25) is 9.59 Å². The molecule has 0 fully saturated rings. The molecule has 0 spiro atoms. The molecule has 1 aromatic heterocycles. The molecule has 24 heavy (non-hydrogen) atoms. The molecule has 0 unspecified atom stereocenters. The van der Waals surface area contributed by atoms with Crippen LogP contribution in [0.25, 0.3) is 11.0 Å². The Morgan fingerprint density at radius 3 is 2.79 bits per heavy atom. The van der Waals surface area contributed by atoms with Crippen LogP contribution in [0.15, 0.2) is 36.4 Å². The maximum Gasteiger partial charge on any atom is 0.250 e. The van der Waals surface area contributed by atoms with Crippen molar-refractivity contribution in [1.29, 1.82) is 0 Å². The summed E-state index contributed by atoms with van der Waals surface area (Å²) in [5.74, 6) is -0.904. The average Bonchev–Trinajstić information content (AvgIpc) is 3.02. The van der Waals surface area contributed by atoms with Crippen molar-refractivity contribution in [2.24, 2.45) is 5.73 Å². The number of fused-ring (bicyclic) bond motifs is 1. The molecule has 3 rings (SSSR count). The second-order valence-corrected chi connectivity index (χ2v) is 5.86. The van der Waals surface area contributed by atoms with E-state index < -0.39 is 5.91 Å². The van der Waals surface area contributed by atoms with E-state index in [2.05, 4.69) is 19.4 Å². The predicted octanol–water partition coefficient (Wildman–Crippen LogP) is 2.49. The van der Waals surface area contributed by atoms with Gasteiger partial charge >= 0.3 is 0 Å². The number of hydrogen-bond donors (Lipinski definition) is 3. The second-order valence-electron chi connectivity index (χ2n) is 4.89. The lowest BCUT2D eigenvalue weighted by Crippen LogP contribution is -2.23. The fraction of sp³-hybridized carbons (Fsp3) is 0.0667. The van der Waals surface area contributed by atoms with Crippen LogP contribution in [0, 0.1) is 0 Å². The molecule has 7 nitrogen and oxygen atoms in total. The van der Waals surface area contributed by atoms with Crippen molar-refractivity contribution in [2.45, 2.75) is 0 Å². The van der Waals surface area contributed by atoms with Crippen molar-refractivity contribution >= 4 is 57.6 Å². The summed E-state index contributed by atoms with van der Waals surface area (Å²) in [6.45, 7) is -0.0609. The first-order valence-electron chi connectivity index (χ1n) is 6.89. The summed E-state index contributed by atoms with van der Waals surface area (Å²) in [6.07, 6.45) is 0. The van der Waals surface area contributed by atoms with Crippen LogP contribution < -0.4 is 16.4 Å². The third kappa shape index (κ3) is 3.44. The van der Waals surface area contributed by atoms with Gasteiger partial charge in [0.25, 0.3) is 5.91 Å². The number of nitrogens with one attached hydrogen (secondary N) is 2. The highest BCUT2D eigenvalue weighted by Crippen LogP contribution is 2.22. The number of carbonyl (C=O) groups is 2. The number of carbonyl (C=O) groups excluding carboxylic acids is 2. The van der Waals surface area contributed by atoms with Crippen molar-refractivity contribution in [3.05, 3.63) is 47.0 Å². The van der Waals surface area contributed by atoms with Gasteiger partial charge < -0.3 is 16.4 Å². The molecule has 9 heteroatoms. The summed E-state index contributed by atoms with van der Waals surface area (Å²) in [5.41, 5.74) is 7.90. The number of aromatic nitrogens is 2. The number of primary amides is 1. The minimum Gasteiger partial charge on any atom is -0.375 e. The van der Waals surface area contributed by atoms with E-state index in [9.17, 15) is 9.59 Å². The third-order valence-corrected chi connectivity index (χ3v) is 4.02. The van der Waals surface area contributed by atoms with Crippen LogP contribution in [0.4, 0.5) is 11.4 Å². The van der Waals surface area contributed by atoms with Crippen molar-refractivity contribution in [1.82, 2.24) is 8.75 Å². The Morgan fingerprint density at radius 1 is 1.17 bits per heavy atom. The third-order valence-electron chi connectivity index (χ3n) is 3.25. The highest BCUT2D eigenvalue weighted by atomic mass is 35.5. The van der Waals surface area contributed by atoms with Gasteiger partial charge in [0.15, 0.2) is 0 Å². The van der Waals surface area contributed by atoms with Crippen LogP contribution in [0.2, 0.25) is 5.02 Å². The second kappa shape index (κ2) is 6.81. The summed E-state index contributed by atoms with van der Waals surface area (Å²) < 4.78 is 8.27. The minimum atomic E-state index is -0.604. The summed E-state index contributed by atoms with van der Waals surface area (Å²) in [6, 6.07) is 9.96. The summed E-state index contributed by atoms with van der Waals surface area (Å²) >= 11 is 6.99. The SMILES string of the molecule is NC(=O)c1ccc(Cl)cc1NCC(=O)Nc1cccc2nsnc12. The highest BCUT2D eigenvalue weighted by Gasteiger charge is 2.12. The largest absolute Gasteiger partial charge is 0.375 e. The van der Waals surface area contributed by atoms with Crippen LogP contribution in [0.5, 0.6) is 0 Å². The first-order valence-corrected chi connectivity index (χ1v) is 8.00. The van der Waals surface area contributed by atoms with Crippen molar-refractivity contribution in [3.8, 4) is 0 Å². The standard InChI is InChI=1S/C15H12ClN5O2S/c16-8-4-5-9(15(17)23)12(6-8)18-7-13(22)19-10-2-1-3-11-14(10)21-24-20-11/h1-6,18H,7H2,(H2,17,23)(H,19,22). The van der Waals surface area contributed by atoms with E-state index in [-0.39, 0.29) is 18.0 Å². The molecular formula is C15H12ClN5O2S. The molecule has 0 aliphatic rings. The fourth-order valence-corrected chi connectivity index (χ4v) is 2.88. The Hall–Kier alpha value is -2.71. The zero-order valence-corrected chi connectivity index (χ0v) is 13.8. The Bertz CT molecular complexity index is 927. The van der Waals surface area contributed by atoms with E-state index in [0.717, 1.165) is 17.2 Å². The van der Waals surface area contributed by atoms with Gasteiger partial charge in [0.2, 0.25) is 5.91 Å². The zero-order chi connectivity index (χ0) is 17.1. The molecule has 0 saturated carbocycles. The molecule has 2 aromatic carbocycles. The number of benzene rings is 2. The van der Waals surface area contributed by atoms with Crippen LogP contribution >= 0.6 is 23.3 Å². The monoisotopic (exact) mass is 361 g/mol. The van der Waals surface area contributed by atoms with Crippen molar-refractivity contribution in [2.75, 3.05) is 17.2 Å². The topological polar surface area (TPSA) is 110 Å². The van der Waals surface area contributed by atoms with Crippen molar-refractivity contribution < 1.29 is 9.59 Å². The molecule has 2 amide bonds. The molecule has 0 bridgehead atoms. The Labute approximate surface area is 146 Å². The normalized spacial score (nSPS) is 10.5. The van der Waals surface area contributed by atoms with Gasteiger partial charge in [-0.1, -0.05) is 17.7 Å². The van der Waals surface area contributed by atoms with Crippen LogP contribution in [-0.2, 0) is 4.79 Å². The Morgan fingerprint density at radius 2 is 2.00 bits per heavy atom. The van der Waals surface area contributed by atoms with Gasteiger partial charge in [-0.05, 0) is 30.3 Å². The maximum absolute atomic E-state index is 12.1. The minimum absolute atomic E-state index is 0.0609. The number of nitrogens with two attached hydrogens (primary N) is 1. The lowest BCUT2D eigenvalue weighted by atomic mass is 10.1. The van der Waals surface area contributed by atoms with Gasteiger partial charge in [-0.25, -0.2) is 0 Å². The Kier molecular flexibility index (Phi) is 4.59. The number of rotatable bonds is 5. The molecule has 0 radical (unpaired) electrons. The van der Waals surface area contributed by atoms with E-state index in [1.165, 1.54) is 6.07 Å². The molecule has 122 valence electrons. The molecule has 3 aromatic rings. The molecule has 1 heterocycles. The molecule has 0 atom stereocenters. The van der Waals surface area contributed by atoms with Crippen LogP contribution in [0.1, 0.15) is 10.4 Å². The lowest BCUT2D eigenvalue weighted by Gasteiger charge is -2.11. The molecular weight excluding hydrogens is 350 g/mol. The summed E-state index contributed by atoms with van der Waals surface area (Å²) in [7, 11) is 0. The highest BCUT2D eigenvalue weighted by molar-refractivity contribution is 7.00. The van der Waals surface area contributed by atoms with Crippen LogP contribution in [0.3, 0.4) is 0 Å². The predicted molar refractivity (Wildman–Crippen MR) is 94.5 cm³/mol. The van der Waals surface area contributed by atoms with Gasteiger partial charge in [-0.2, -0.15) is 8.75 Å². The van der Waals surface area contributed by atoms with Gasteiger partial charge in [0, 0.05) is 10.7 Å². The fourth-order valence-electron chi connectivity index (χ4n) is 2.15. The molecule has 0 aliphatic heterocycles. The first-order chi connectivity index (χ1) is 11.5. The van der Waals surface area contributed by atoms with E-state index >= 15 is 0 Å². The number of anilines is 2. The molecule has 0 saturated heterocycles. The quantitative estimate of drug-likeness (QED) is 0.646. The number of hydrogen-bond acceptors (Lipinski definition) is 6. The number of halogens is 1.